The fourth-order valence-corrected chi connectivity index (χ4v) is 2.30. The van der Waals surface area contributed by atoms with Gasteiger partial charge in [-0.15, -0.1) is 0 Å². The van der Waals surface area contributed by atoms with Gasteiger partial charge in [0.05, 0.1) is 12.4 Å². The predicted molar refractivity (Wildman–Crippen MR) is 89.1 cm³/mol. The van der Waals surface area contributed by atoms with Gasteiger partial charge in [-0.1, -0.05) is 5.16 Å². The van der Waals surface area contributed by atoms with Crippen molar-refractivity contribution in [2.75, 3.05) is 5.32 Å². The molecule has 124 valence electrons. The van der Waals surface area contributed by atoms with Crippen LogP contribution in [0.25, 0.3) is 11.5 Å². The lowest BCUT2D eigenvalue weighted by Crippen LogP contribution is -2.13. The zero-order chi connectivity index (χ0) is 17.1. The molecule has 3 rings (SSSR count). The van der Waals surface area contributed by atoms with Crippen LogP contribution in [0.2, 0.25) is 0 Å². The Hall–Kier alpha value is -3.02. The second-order valence-corrected chi connectivity index (χ2v) is 5.58. The van der Waals surface area contributed by atoms with Crippen molar-refractivity contribution in [1.29, 1.82) is 0 Å². The number of aryl methyl sites for hydroxylation is 1. The molecular formula is C18H18N2O4. The summed E-state index contributed by atoms with van der Waals surface area (Å²) in [7, 11) is 0. The summed E-state index contributed by atoms with van der Waals surface area (Å²) in [5, 5.41) is 6.75. The van der Waals surface area contributed by atoms with Gasteiger partial charge in [0, 0.05) is 5.69 Å². The zero-order valence-corrected chi connectivity index (χ0v) is 13.7. The van der Waals surface area contributed by atoms with Gasteiger partial charge in [-0.3, -0.25) is 4.79 Å². The molecule has 0 atom stereocenters. The number of ether oxygens (including phenoxy) is 1. The summed E-state index contributed by atoms with van der Waals surface area (Å²) in [6.45, 7) is 5.61. The minimum absolute atomic E-state index is 0.0981. The van der Waals surface area contributed by atoms with Crippen LogP contribution >= 0.6 is 0 Å². The summed E-state index contributed by atoms with van der Waals surface area (Å²) in [5.74, 6) is 1.36. The molecule has 0 aliphatic rings. The van der Waals surface area contributed by atoms with Crippen LogP contribution < -0.4 is 10.1 Å². The summed E-state index contributed by atoms with van der Waals surface area (Å²) in [5.41, 5.74) is 1.39. The van der Waals surface area contributed by atoms with Crippen molar-refractivity contribution >= 4 is 11.6 Å². The second kappa shape index (κ2) is 6.62. The predicted octanol–water partition coefficient (Wildman–Crippen LogP) is 4.28. The molecule has 0 aliphatic carbocycles. The van der Waals surface area contributed by atoms with Crippen molar-refractivity contribution in [3.05, 3.63) is 54.0 Å². The molecule has 3 aromatic rings. The third-order valence-corrected chi connectivity index (χ3v) is 3.33. The van der Waals surface area contributed by atoms with Gasteiger partial charge >= 0.3 is 0 Å². The highest BCUT2D eigenvalue weighted by Gasteiger charge is 2.23. The number of aromatic nitrogens is 1. The SMILES string of the molecule is Cc1onc(-c2ccco2)c1C(=O)Nc1ccc(OC(C)C)cc1. The molecular weight excluding hydrogens is 308 g/mol. The molecule has 2 aromatic heterocycles. The quantitative estimate of drug-likeness (QED) is 0.757. The van der Waals surface area contributed by atoms with E-state index < -0.39 is 0 Å². The molecule has 0 unspecified atom stereocenters. The lowest BCUT2D eigenvalue weighted by Gasteiger charge is -2.10. The molecule has 24 heavy (non-hydrogen) atoms. The summed E-state index contributed by atoms with van der Waals surface area (Å²) >= 11 is 0. The third-order valence-electron chi connectivity index (χ3n) is 3.33. The van der Waals surface area contributed by atoms with E-state index in [1.54, 1.807) is 31.2 Å². The molecule has 1 N–H and O–H groups in total. The molecule has 0 aliphatic heterocycles. The molecule has 0 radical (unpaired) electrons. The van der Waals surface area contributed by atoms with Crippen LogP contribution in [0, 0.1) is 6.92 Å². The Labute approximate surface area is 139 Å². The van der Waals surface area contributed by atoms with Crippen LogP contribution in [0.15, 0.2) is 51.6 Å². The smallest absolute Gasteiger partial charge is 0.261 e. The molecule has 6 nitrogen and oxygen atoms in total. The number of nitrogens with one attached hydrogen (secondary N) is 1. The van der Waals surface area contributed by atoms with Crippen molar-refractivity contribution in [2.24, 2.45) is 0 Å². The minimum atomic E-state index is -0.308. The number of carbonyl (C=O) groups is 1. The van der Waals surface area contributed by atoms with Crippen LogP contribution in [-0.2, 0) is 0 Å². The van der Waals surface area contributed by atoms with Gasteiger partial charge in [0.1, 0.15) is 17.1 Å². The summed E-state index contributed by atoms with van der Waals surface area (Å²) in [4.78, 5) is 12.6. The molecule has 6 heteroatoms. The van der Waals surface area contributed by atoms with E-state index in [1.807, 2.05) is 26.0 Å². The van der Waals surface area contributed by atoms with E-state index in [0.29, 0.717) is 28.5 Å². The molecule has 1 aromatic carbocycles. The number of amides is 1. The maximum absolute atomic E-state index is 12.6. The molecule has 1 amide bonds. The van der Waals surface area contributed by atoms with Gasteiger partial charge in [0.25, 0.3) is 5.91 Å². The second-order valence-electron chi connectivity index (χ2n) is 5.58. The van der Waals surface area contributed by atoms with E-state index in [0.717, 1.165) is 5.75 Å². The normalized spacial score (nSPS) is 10.8. The van der Waals surface area contributed by atoms with E-state index in [9.17, 15) is 4.79 Å². The zero-order valence-electron chi connectivity index (χ0n) is 13.7. The Morgan fingerprint density at radius 1 is 1.21 bits per heavy atom. The largest absolute Gasteiger partial charge is 0.491 e. The maximum Gasteiger partial charge on any atom is 0.261 e. The van der Waals surface area contributed by atoms with Crippen molar-refractivity contribution in [3.63, 3.8) is 0 Å². The van der Waals surface area contributed by atoms with Gasteiger partial charge in [0.15, 0.2) is 11.5 Å². The topological polar surface area (TPSA) is 77.5 Å². The fraction of sp³-hybridized carbons (Fsp3) is 0.222. The highest BCUT2D eigenvalue weighted by molar-refractivity contribution is 6.08. The lowest BCUT2D eigenvalue weighted by molar-refractivity contribution is 0.102. The minimum Gasteiger partial charge on any atom is -0.491 e. The number of benzene rings is 1. The van der Waals surface area contributed by atoms with Crippen molar-refractivity contribution in [2.45, 2.75) is 26.9 Å². The number of hydrogen-bond donors (Lipinski definition) is 1. The van der Waals surface area contributed by atoms with Crippen LogP contribution in [0.4, 0.5) is 5.69 Å². The standard InChI is InChI=1S/C18H18N2O4/c1-11(2)23-14-8-6-13(7-9-14)19-18(21)16-12(3)24-20-17(16)15-5-4-10-22-15/h4-11H,1-3H3,(H,19,21). The van der Waals surface area contributed by atoms with Crippen LogP contribution in [0.5, 0.6) is 5.75 Å². The van der Waals surface area contributed by atoms with Crippen LogP contribution in [-0.4, -0.2) is 17.2 Å². The molecule has 0 fully saturated rings. The Bertz CT molecular complexity index is 817. The van der Waals surface area contributed by atoms with Gasteiger partial charge in [-0.2, -0.15) is 0 Å². The number of hydrogen-bond acceptors (Lipinski definition) is 5. The Balaban J connectivity index is 1.80. The highest BCUT2D eigenvalue weighted by atomic mass is 16.5. The molecule has 0 saturated heterocycles. The van der Waals surface area contributed by atoms with Crippen molar-refractivity contribution in [1.82, 2.24) is 5.16 Å². The van der Waals surface area contributed by atoms with E-state index in [-0.39, 0.29) is 12.0 Å². The van der Waals surface area contributed by atoms with Crippen LogP contribution in [0.3, 0.4) is 0 Å². The summed E-state index contributed by atoms with van der Waals surface area (Å²) in [6, 6.07) is 10.6. The van der Waals surface area contributed by atoms with Gasteiger partial charge in [-0.05, 0) is 57.2 Å². The number of nitrogens with zero attached hydrogens (tertiary/aromatic N) is 1. The number of anilines is 1. The summed E-state index contributed by atoms with van der Waals surface area (Å²) < 4.78 is 16.0. The van der Waals surface area contributed by atoms with Crippen molar-refractivity contribution < 1.29 is 18.5 Å². The van der Waals surface area contributed by atoms with E-state index in [2.05, 4.69) is 10.5 Å². The number of furan rings is 1. The Morgan fingerprint density at radius 2 is 1.96 bits per heavy atom. The third kappa shape index (κ3) is 3.32. The fourth-order valence-electron chi connectivity index (χ4n) is 2.30. The molecule has 2 heterocycles. The summed E-state index contributed by atoms with van der Waals surface area (Å²) in [6.07, 6.45) is 1.62. The molecule has 0 bridgehead atoms. The van der Waals surface area contributed by atoms with E-state index in [4.69, 9.17) is 13.7 Å². The number of carbonyl (C=O) groups excluding carboxylic acids is 1. The molecule has 0 spiro atoms. The van der Waals surface area contributed by atoms with Gasteiger partial charge in [-0.25, -0.2) is 0 Å². The Kier molecular flexibility index (Phi) is 4.37. The average molecular weight is 326 g/mol. The van der Waals surface area contributed by atoms with E-state index in [1.165, 1.54) is 6.26 Å². The van der Waals surface area contributed by atoms with Crippen molar-refractivity contribution in [3.8, 4) is 17.2 Å². The molecule has 0 saturated carbocycles. The van der Waals surface area contributed by atoms with Crippen LogP contribution in [0.1, 0.15) is 30.0 Å². The maximum atomic E-state index is 12.6. The average Bonchev–Trinajstić information content (AvgIpc) is 3.17. The first kappa shape index (κ1) is 15.9. The van der Waals surface area contributed by atoms with E-state index >= 15 is 0 Å². The first-order valence-electron chi connectivity index (χ1n) is 7.63. The lowest BCUT2D eigenvalue weighted by atomic mass is 10.1. The first-order chi connectivity index (χ1) is 11.5. The highest BCUT2D eigenvalue weighted by Crippen LogP contribution is 2.26. The first-order valence-corrected chi connectivity index (χ1v) is 7.63. The Morgan fingerprint density at radius 3 is 2.58 bits per heavy atom. The number of rotatable bonds is 5. The van der Waals surface area contributed by atoms with Gasteiger partial charge in [0.2, 0.25) is 0 Å². The van der Waals surface area contributed by atoms with Gasteiger partial charge < -0.3 is 19.0 Å². The monoisotopic (exact) mass is 326 g/mol.